The van der Waals surface area contributed by atoms with Gasteiger partial charge in [0.2, 0.25) is 0 Å². The molecule has 1 aromatic heterocycles. The summed E-state index contributed by atoms with van der Waals surface area (Å²) in [5.41, 5.74) is 1.33. The van der Waals surface area contributed by atoms with E-state index in [2.05, 4.69) is 5.10 Å². The molecule has 4 bridgehead atoms. The number of aromatic carboxylic acids is 1. The second kappa shape index (κ2) is 4.34. The van der Waals surface area contributed by atoms with Crippen molar-refractivity contribution in [3.8, 4) is 0 Å². The fourth-order valence-corrected chi connectivity index (χ4v) is 5.48. The highest BCUT2D eigenvalue weighted by molar-refractivity contribution is 5.88. The molecular formula is C16H22N2O2. The first-order valence-electron chi connectivity index (χ1n) is 7.86. The van der Waals surface area contributed by atoms with Gasteiger partial charge in [0.25, 0.3) is 0 Å². The summed E-state index contributed by atoms with van der Waals surface area (Å²) in [5.74, 6) is 3.47. The van der Waals surface area contributed by atoms with Crippen LogP contribution < -0.4 is 0 Å². The second-order valence-corrected chi connectivity index (χ2v) is 7.23. The van der Waals surface area contributed by atoms with Crippen LogP contribution in [0.3, 0.4) is 0 Å². The summed E-state index contributed by atoms with van der Waals surface area (Å²) < 4.78 is 1.77. The number of hydrogen-bond acceptors (Lipinski definition) is 2. The predicted molar refractivity (Wildman–Crippen MR) is 74.4 cm³/mol. The highest BCUT2D eigenvalue weighted by atomic mass is 16.4. The van der Waals surface area contributed by atoms with Crippen molar-refractivity contribution in [1.29, 1.82) is 0 Å². The van der Waals surface area contributed by atoms with E-state index in [1.807, 2.05) is 7.05 Å². The van der Waals surface area contributed by atoms with Crippen molar-refractivity contribution in [3.05, 3.63) is 17.5 Å². The molecule has 108 valence electrons. The monoisotopic (exact) mass is 274 g/mol. The normalized spacial score (nSPS) is 38.4. The lowest BCUT2D eigenvalue weighted by Crippen LogP contribution is -2.46. The largest absolute Gasteiger partial charge is 0.478 e. The van der Waals surface area contributed by atoms with Gasteiger partial charge in [-0.15, -0.1) is 0 Å². The van der Waals surface area contributed by atoms with E-state index in [0.29, 0.717) is 11.5 Å². The van der Waals surface area contributed by atoms with E-state index in [1.165, 1.54) is 38.3 Å². The molecule has 5 rings (SSSR count). The summed E-state index contributed by atoms with van der Waals surface area (Å²) in [6.07, 6.45) is 9.43. The first-order valence-corrected chi connectivity index (χ1v) is 7.86. The van der Waals surface area contributed by atoms with Gasteiger partial charge in [0.05, 0.1) is 11.9 Å². The molecule has 4 fully saturated rings. The molecular weight excluding hydrogens is 252 g/mol. The van der Waals surface area contributed by atoms with Crippen molar-refractivity contribution in [2.24, 2.45) is 36.6 Å². The van der Waals surface area contributed by atoms with E-state index in [9.17, 15) is 9.90 Å². The predicted octanol–water partition coefficient (Wildman–Crippen LogP) is 2.73. The number of carboxylic acids is 1. The van der Waals surface area contributed by atoms with Crippen molar-refractivity contribution in [1.82, 2.24) is 9.78 Å². The Morgan fingerprint density at radius 2 is 1.85 bits per heavy atom. The zero-order chi connectivity index (χ0) is 13.9. The van der Waals surface area contributed by atoms with E-state index in [4.69, 9.17) is 0 Å². The number of hydrogen-bond donors (Lipinski definition) is 1. The minimum Gasteiger partial charge on any atom is -0.478 e. The van der Waals surface area contributed by atoms with E-state index < -0.39 is 5.97 Å². The van der Waals surface area contributed by atoms with Crippen LogP contribution in [-0.2, 0) is 13.5 Å². The number of rotatable bonds is 3. The number of nitrogens with zero attached hydrogens (tertiary/aromatic N) is 2. The van der Waals surface area contributed by atoms with Gasteiger partial charge < -0.3 is 5.11 Å². The quantitative estimate of drug-likeness (QED) is 0.922. The van der Waals surface area contributed by atoms with Gasteiger partial charge >= 0.3 is 5.97 Å². The zero-order valence-electron chi connectivity index (χ0n) is 12.0. The Hall–Kier alpha value is -1.32. The molecule has 0 atom stereocenters. The van der Waals surface area contributed by atoms with Crippen LogP contribution in [0.2, 0.25) is 0 Å². The molecule has 1 aromatic rings. The van der Waals surface area contributed by atoms with Crippen molar-refractivity contribution in [2.75, 3.05) is 0 Å². The Bertz CT molecular complexity index is 521. The lowest BCUT2D eigenvalue weighted by Gasteiger charge is -2.54. The summed E-state index contributed by atoms with van der Waals surface area (Å²) in [5, 5.41) is 13.5. The summed E-state index contributed by atoms with van der Waals surface area (Å²) in [7, 11) is 1.87. The Labute approximate surface area is 119 Å². The van der Waals surface area contributed by atoms with Crippen LogP contribution in [0.5, 0.6) is 0 Å². The van der Waals surface area contributed by atoms with Crippen molar-refractivity contribution in [3.63, 3.8) is 0 Å². The average Bonchev–Trinajstić information content (AvgIpc) is 2.74. The highest BCUT2D eigenvalue weighted by Gasteiger charge is 2.48. The van der Waals surface area contributed by atoms with Gasteiger partial charge in [-0.25, -0.2) is 4.79 Å². The SMILES string of the molecule is Cn1ncc(C(=O)O)c1CC1C2CC3CC(C2)CC1C3. The van der Waals surface area contributed by atoms with Crippen LogP contribution in [-0.4, -0.2) is 20.9 Å². The smallest absolute Gasteiger partial charge is 0.339 e. The zero-order valence-corrected chi connectivity index (χ0v) is 12.0. The summed E-state index contributed by atoms with van der Waals surface area (Å²) in [4.78, 5) is 11.3. The summed E-state index contributed by atoms with van der Waals surface area (Å²) >= 11 is 0. The molecule has 0 aliphatic heterocycles. The average molecular weight is 274 g/mol. The fraction of sp³-hybridized carbons (Fsp3) is 0.750. The van der Waals surface area contributed by atoms with Crippen LogP contribution in [0.1, 0.15) is 48.2 Å². The van der Waals surface area contributed by atoms with Gasteiger partial charge in [-0.1, -0.05) is 0 Å². The third-order valence-corrected chi connectivity index (χ3v) is 6.14. The third kappa shape index (κ3) is 1.80. The summed E-state index contributed by atoms with van der Waals surface area (Å²) in [6, 6.07) is 0. The summed E-state index contributed by atoms with van der Waals surface area (Å²) in [6.45, 7) is 0. The molecule has 0 aromatic carbocycles. The molecule has 0 spiro atoms. The van der Waals surface area contributed by atoms with Gasteiger partial charge in [-0.2, -0.15) is 5.10 Å². The van der Waals surface area contributed by atoms with Gasteiger partial charge in [-0.3, -0.25) is 4.68 Å². The Morgan fingerprint density at radius 3 is 2.40 bits per heavy atom. The molecule has 4 aliphatic rings. The maximum atomic E-state index is 11.3. The number of carbonyl (C=O) groups is 1. The van der Waals surface area contributed by atoms with Crippen molar-refractivity contribution < 1.29 is 9.90 Å². The molecule has 4 saturated carbocycles. The molecule has 20 heavy (non-hydrogen) atoms. The second-order valence-electron chi connectivity index (χ2n) is 7.23. The van der Waals surface area contributed by atoms with E-state index in [0.717, 1.165) is 35.8 Å². The third-order valence-electron chi connectivity index (χ3n) is 6.14. The maximum absolute atomic E-state index is 11.3. The minimum atomic E-state index is -0.836. The van der Waals surface area contributed by atoms with Gasteiger partial charge in [-0.05, 0) is 68.1 Å². The lowest BCUT2D eigenvalue weighted by atomic mass is 9.51. The van der Waals surface area contributed by atoms with Gasteiger partial charge in [0.15, 0.2) is 0 Å². The molecule has 0 unspecified atom stereocenters. The van der Waals surface area contributed by atoms with Crippen molar-refractivity contribution in [2.45, 2.75) is 38.5 Å². The first-order chi connectivity index (χ1) is 9.61. The molecule has 0 amide bonds. The standard InChI is InChI=1S/C16H22N2O2/c1-18-15(14(8-17-18)16(19)20)7-13-11-3-9-2-10(5-11)6-12(13)4-9/h8-13H,2-7H2,1H3,(H,19,20). The topological polar surface area (TPSA) is 55.1 Å². The van der Waals surface area contributed by atoms with Crippen LogP contribution in [0, 0.1) is 29.6 Å². The molecule has 1 heterocycles. The van der Waals surface area contributed by atoms with E-state index in [-0.39, 0.29) is 0 Å². The Morgan fingerprint density at radius 1 is 1.25 bits per heavy atom. The van der Waals surface area contributed by atoms with Gasteiger partial charge in [0, 0.05) is 7.05 Å². The van der Waals surface area contributed by atoms with E-state index in [1.54, 1.807) is 4.68 Å². The van der Waals surface area contributed by atoms with Crippen LogP contribution in [0.15, 0.2) is 6.20 Å². The molecule has 4 nitrogen and oxygen atoms in total. The Balaban J connectivity index is 1.60. The molecule has 4 aliphatic carbocycles. The molecule has 4 heteroatoms. The molecule has 0 saturated heterocycles. The Kier molecular flexibility index (Phi) is 2.69. The molecule has 0 radical (unpaired) electrons. The highest BCUT2D eigenvalue weighted by Crippen LogP contribution is 2.57. The van der Waals surface area contributed by atoms with Crippen LogP contribution in [0.4, 0.5) is 0 Å². The van der Waals surface area contributed by atoms with Crippen LogP contribution >= 0.6 is 0 Å². The number of carboxylic acid groups (broad SMARTS) is 1. The number of aromatic nitrogens is 2. The first kappa shape index (κ1) is 12.4. The van der Waals surface area contributed by atoms with Crippen LogP contribution in [0.25, 0.3) is 0 Å². The fourth-order valence-electron chi connectivity index (χ4n) is 5.48. The van der Waals surface area contributed by atoms with E-state index >= 15 is 0 Å². The number of aryl methyl sites for hydroxylation is 1. The van der Waals surface area contributed by atoms with Gasteiger partial charge in [0.1, 0.15) is 5.56 Å². The minimum absolute atomic E-state index is 0.404. The lowest BCUT2D eigenvalue weighted by molar-refractivity contribution is -0.0367. The van der Waals surface area contributed by atoms with Crippen molar-refractivity contribution >= 4 is 5.97 Å². The maximum Gasteiger partial charge on any atom is 0.339 e. The molecule has 1 N–H and O–H groups in total.